The zero-order valence-electron chi connectivity index (χ0n) is 12.4. The molecule has 0 amide bonds. The molecule has 0 spiro atoms. The van der Waals surface area contributed by atoms with Crippen LogP contribution in [0.4, 0.5) is 0 Å². The molecule has 19 heavy (non-hydrogen) atoms. The summed E-state index contributed by atoms with van der Waals surface area (Å²) in [6.45, 7) is 0.613. The predicted octanol–water partition coefficient (Wildman–Crippen LogP) is 3.04. The molecular weight excluding hydrogens is 246 g/mol. The lowest BCUT2D eigenvalue weighted by Gasteiger charge is -2.28. The maximum atomic E-state index is 9.84. The Morgan fingerprint density at radius 2 is 1.32 bits per heavy atom. The Bertz CT molecular complexity index is 240. The van der Waals surface area contributed by atoms with Crippen LogP contribution in [0.1, 0.15) is 51.4 Å². The highest BCUT2D eigenvalue weighted by molar-refractivity contribution is 5.32. The first-order valence-electron chi connectivity index (χ1n) is 6.93. The fourth-order valence-corrected chi connectivity index (χ4v) is 2.02. The van der Waals surface area contributed by atoms with E-state index in [1.54, 1.807) is 27.4 Å². The van der Waals surface area contributed by atoms with Gasteiger partial charge in [-0.3, -0.25) is 0 Å². The number of nitrogens with zero attached hydrogens (tertiary/aromatic N) is 1. The molecule has 0 aliphatic carbocycles. The van der Waals surface area contributed by atoms with E-state index in [2.05, 4.69) is 4.99 Å². The average Bonchev–Trinajstić information content (AvgIpc) is 2.46. The Morgan fingerprint density at radius 3 is 1.79 bits per heavy atom. The fraction of sp³-hybridized carbons (Fsp3) is 0.929. The van der Waals surface area contributed by atoms with Crippen molar-refractivity contribution in [3.05, 3.63) is 0 Å². The monoisotopic (exact) mass is 273 g/mol. The Kier molecular flexibility index (Phi) is 11.8. The van der Waals surface area contributed by atoms with Gasteiger partial charge in [0.2, 0.25) is 6.08 Å². The summed E-state index contributed by atoms with van der Waals surface area (Å²) < 4.78 is 15.7. The lowest BCUT2D eigenvalue weighted by Crippen LogP contribution is -2.35. The Labute approximate surface area is 116 Å². The van der Waals surface area contributed by atoms with E-state index in [4.69, 9.17) is 14.2 Å². The maximum absolute atomic E-state index is 9.84. The van der Waals surface area contributed by atoms with Gasteiger partial charge in [-0.15, -0.1) is 0 Å². The van der Waals surface area contributed by atoms with Gasteiger partial charge < -0.3 is 14.2 Å². The van der Waals surface area contributed by atoms with Crippen molar-refractivity contribution in [2.75, 3.05) is 27.9 Å². The van der Waals surface area contributed by atoms with Gasteiger partial charge in [0.05, 0.1) is 6.54 Å². The minimum atomic E-state index is -0.882. The van der Waals surface area contributed by atoms with Gasteiger partial charge in [-0.1, -0.05) is 32.1 Å². The van der Waals surface area contributed by atoms with Crippen LogP contribution in [0.2, 0.25) is 0 Å². The van der Waals surface area contributed by atoms with Gasteiger partial charge in [-0.25, -0.2) is 9.79 Å². The van der Waals surface area contributed by atoms with Crippen LogP contribution in [0.3, 0.4) is 0 Å². The van der Waals surface area contributed by atoms with E-state index in [1.165, 1.54) is 19.3 Å². The summed E-state index contributed by atoms with van der Waals surface area (Å²) in [6, 6.07) is 0. The van der Waals surface area contributed by atoms with Crippen molar-refractivity contribution in [3.8, 4) is 0 Å². The second-order valence-electron chi connectivity index (χ2n) is 4.49. The third-order valence-corrected chi connectivity index (χ3v) is 3.25. The molecule has 0 unspecified atom stereocenters. The second kappa shape index (κ2) is 12.3. The van der Waals surface area contributed by atoms with Gasteiger partial charge in [0.15, 0.2) is 0 Å². The van der Waals surface area contributed by atoms with Crippen LogP contribution in [-0.4, -0.2) is 39.9 Å². The quantitative estimate of drug-likeness (QED) is 0.224. The molecule has 0 bridgehead atoms. The SMILES string of the molecule is COC(CCCCCCCCCN=C=O)(OC)OC. The van der Waals surface area contributed by atoms with Crippen LogP contribution >= 0.6 is 0 Å². The van der Waals surface area contributed by atoms with Gasteiger partial charge in [-0.2, -0.15) is 0 Å². The molecule has 0 aromatic carbocycles. The largest absolute Gasteiger partial charge is 0.331 e. The molecule has 0 fully saturated rings. The van der Waals surface area contributed by atoms with Crippen molar-refractivity contribution in [1.82, 2.24) is 0 Å². The Hall–Kier alpha value is -0.740. The van der Waals surface area contributed by atoms with Crippen molar-refractivity contribution in [2.45, 2.75) is 57.3 Å². The zero-order valence-corrected chi connectivity index (χ0v) is 12.4. The number of carbonyl (C=O) groups excluding carboxylic acids is 1. The molecule has 0 radical (unpaired) electrons. The summed E-state index contributed by atoms with van der Waals surface area (Å²) in [5, 5.41) is 0. The third kappa shape index (κ3) is 8.89. The second-order valence-corrected chi connectivity index (χ2v) is 4.49. The molecular formula is C14H27NO4. The minimum absolute atomic E-state index is 0.613. The summed E-state index contributed by atoms with van der Waals surface area (Å²) in [5.41, 5.74) is 0. The van der Waals surface area contributed by atoms with Crippen LogP contribution in [0.15, 0.2) is 4.99 Å². The van der Waals surface area contributed by atoms with Gasteiger partial charge in [0, 0.05) is 27.8 Å². The normalized spacial score (nSPS) is 11.3. The highest BCUT2D eigenvalue weighted by atomic mass is 16.9. The van der Waals surface area contributed by atoms with Crippen LogP contribution in [0.25, 0.3) is 0 Å². The first kappa shape index (κ1) is 18.3. The third-order valence-electron chi connectivity index (χ3n) is 3.25. The average molecular weight is 273 g/mol. The number of unbranched alkanes of at least 4 members (excludes halogenated alkanes) is 6. The molecule has 0 aromatic rings. The van der Waals surface area contributed by atoms with Crippen molar-refractivity contribution in [2.24, 2.45) is 4.99 Å². The maximum Gasteiger partial charge on any atom is 0.282 e. The van der Waals surface area contributed by atoms with E-state index in [0.717, 1.165) is 32.1 Å². The van der Waals surface area contributed by atoms with Gasteiger partial charge in [-0.05, 0) is 12.8 Å². The molecule has 5 nitrogen and oxygen atoms in total. The van der Waals surface area contributed by atoms with Crippen molar-refractivity contribution >= 4 is 6.08 Å². The van der Waals surface area contributed by atoms with Crippen LogP contribution < -0.4 is 0 Å². The van der Waals surface area contributed by atoms with Crippen molar-refractivity contribution < 1.29 is 19.0 Å². The molecule has 0 N–H and O–H groups in total. The highest BCUT2D eigenvalue weighted by Gasteiger charge is 2.28. The van der Waals surface area contributed by atoms with Crippen molar-refractivity contribution in [3.63, 3.8) is 0 Å². The lowest BCUT2D eigenvalue weighted by atomic mass is 10.1. The molecule has 5 heteroatoms. The number of rotatable bonds is 13. The molecule has 0 heterocycles. The van der Waals surface area contributed by atoms with Gasteiger partial charge in [0.25, 0.3) is 5.97 Å². The number of hydrogen-bond acceptors (Lipinski definition) is 5. The zero-order chi connectivity index (χ0) is 14.4. The first-order chi connectivity index (χ1) is 9.24. The van der Waals surface area contributed by atoms with E-state index in [1.807, 2.05) is 0 Å². The molecule has 0 rings (SSSR count). The first-order valence-corrected chi connectivity index (χ1v) is 6.93. The molecule has 0 atom stereocenters. The van der Waals surface area contributed by atoms with E-state index in [0.29, 0.717) is 6.54 Å². The minimum Gasteiger partial charge on any atom is -0.331 e. The summed E-state index contributed by atoms with van der Waals surface area (Å²) in [4.78, 5) is 13.4. The van der Waals surface area contributed by atoms with E-state index >= 15 is 0 Å². The number of isocyanates is 1. The predicted molar refractivity (Wildman–Crippen MR) is 73.7 cm³/mol. The number of ether oxygens (including phenoxy) is 3. The number of methoxy groups -OCH3 is 3. The summed E-state index contributed by atoms with van der Waals surface area (Å²) >= 11 is 0. The number of aliphatic imine (C=N–C) groups is 1. The summed E-state index contributed by atoms with van der Waals surface area (Å²) in [5.74, 6) is -0.882. The van der Waals surface area contributed by atoms with E-state index in [-0.39, 0.29) is 0 Å². The Morgan fingerprint density at radius 1 is 0.842 bits per heavy atom. The lowest BCUT2D eigenvalue weighted by molar-refractivity contribution is -0.355. The summed E-state index contributed by atoms with van der Waals surface area (Å²) in [7, 11) is 4.78. The molecule has 112 valence electrons. The summed E-state index contributed by atoms with van der Waals surface area (Å²) in [6.07, 6.45) is 10.2. The topological polar surface area (TPSA) is 57.1 Å². The van der Waals surface area contributed by atoms with E-state index in [9.17, 15) is 4.79 Å². The molecule has 0 saturated heterocycles. The van der Waals surface area contributed by atoms with Gasteiger partial charge >= 0.3 is 0 Å². The highest BCUT2D eigenvalue weighted by Crippen LogP contribution is 2.21. The van der Waals surface area contributed by atoms with Crippen LogP contribution in [-0.2, 0) is 19.0 Å². The molecule has 0 aliphatic rings. The Balaban J connectivity index is 3.42. The smallest absolute Gasteiger partial charge is 0.282 e. The molecule has 0 aliphatic heterocycles. The molecule has 0 aromatic heterocycles. The van der Waals surface area contributed by atoms with Crippen LogP contribution in [0.5, 0.6) is 0 Å². The number of hydrogen-bond donors (Lipinski definition) is 0. The standard InChI is InChI=1S/C14H27NO4/c1-17-14(18-2,19-3)11-9-7-5-4-6-8-10-12-15-13-16/h4-12H2,1-3H3. The molecule has 0 saturated carbocycles. The van der Waals surface area contributed by atoms with Crippen LogP contribution in [0, 0.1) is 0 Å². The van der Waals surface area contributed by atoms with E-state index < -0.39 is 5.97 Å². The van der Waals surface area contributed by atoms with Crippen molar-refractivity contribution in [1.29, 1.82) is 0 Å². The van der Waals surface area contributed by atoms with Gasteiger partial charge in [0.1, 0.15) is 0 Å². The fourth-order valence-electron chi connectivity index (χ4n) is 2.02.